The van der Waals surface area contributed by atoms with E-state index >= 15 is 0 Å². The predicted octanol–water partition coefficient (Wildman–Crippen LogP) is 2.14. The van der Waals surface area contributed by atoms with Gasteiger partial charge in [-0.3, -0.25) is 4.68 Å². The van der Waals surface area contributed by atoms with Gasteiger partial charge in [-0.15, -0.1) is 5.10 Å². The van der Waals surface area contributed by atoms with Crippen molar-refractivity contribution in [3.05, 3.63) is 35.5 Å². The third-order valence-corrected chi connectivity index (χ3v) is 1.99. The first-order chi connectivity index (χ1) is 6.25. The fourth-order valence-corrected chi connectivity index (χ4v) is 1.23. The molecule has 0 spiro atoms. The van der Waals surface area contributed by atoms with Crippen LogP contribution in [-0.4, -0.2) is 15.0 Å². The molecule has 0 saturated heterocycles. The molecule has 4 heteroatoms. The van der Waals surface area contributed by atoms with E-state index in [1.54, 1.807) is 4.68 Å². The van der Waals surface area contributed by atoms with Crippen LogP contribution in [-0.2, 0) is 7.05 Å². The van der Waals surface area contributed by atoms with Crippen molar-refractivity contribution in [1.29, 1.82) is 0 Å². The quantitative estimate of drug-likeness (QED) is 0.695. The largest absolute Gasteiger partial charge is 0.255 e. The highest BCUT2D eigenvalue weighted by Crippen LogP contribution is 2.18. The van der Waals surface area contributed by atoms with Gasteiger partial charge in [0.2, 0.25) is 0 Å². The highest BCUT2D eigenvalue weighted by molar-refractivity contribution is 6.30. The van der Waals surface area contributed by atoms with Crippen molar-refractivity contribution < 1.29 is 0 Å². The van der Waals surface area contributed by atoms with Gasteiger partial charge in [0.1, 0.15) is 5.69 Å². The lowest BCUT2D eigenvalue weighted by atomic mass is 10.2. The minimum Gasteiger partial charge on any atom is -0.255 e. The van der Waals surface area contributed by atoms with Crippen LogP contribution >= 0.6 is 11.6 Å². The monoisotopic (exact) mass is 193 g/mol. The van der Waals surface area contributed by atoms with Gasteiger partial charge in [0.25, 0.3) is 0 Å². The van der Waals surface area contributed by atoms with E-state index in [-0.39, 0.29) is 0 Å². The number of nitrogens with zero attached hydrogens (tertiary/aromatic N) is 3. The van der Waals surface area contributed by atoms with Crippen LogP contribution in [0.1, 0.15) is 0 Å². The SMILES string of the molecule is Cn1cc(-c2ccc(Cl)cc2)nn1. The Labute approximate surface area is 81.0 Å². The van der Waals surface area contributed by atoms with Crippen LogP contribution in [0, 0.1) is 0 Å². The van der Waals surface area contributed by atoms with E-state index in [0.29, 0.717) is 0 Å². The standard InChI is InChI=1S/C9H8ClN3/c1-13-6-9(11-12-13)7-2-4-8(10)5-3-7/h2-6H,1H3. The van der Waals surface area contributed by atoms with Crippen LogP contribution in [0.25, 0.3) is 11.3 Å². The van der Waals surface area contributed by atoms with Gasteiger partial charge in [0.05, 0.1) is 6.20 Å². The number of rotatable bonds is 1. The molecule has 1 aromatic heterocycles. The molecular weight excluding hydrogens is 186 g/mol. The molecule has 0 radical (unpaired) electrons. The number of hydrogen-bond donors (Lipinski definition) is 0. The molecule has 1 aromatic carbocycles. The number of halogens is 1. The average molecular weight is 194 g/mol. The molecule has 66 valence electrons. The maximum Gasteiger partial charge on any atom is 0.113 e. The molecule has 2 aromatic rings. The molecule has 13 heavy (non-hydrogen) atoms. The van der Waals surface area contributed by atoms with Crippen LogP contribution in [0.3, 0.4) is 0 Å². The maximum atomic E-state index is 5.76. The summed E-state index contributed by atoms with van der Waals surface area (Å²) < 4.78 is 1.67. The van der Waals surface area contributed by atoms with Gasteiger partial charge in [-0.2, -0.15) is 0 Å². The zero-order chi connectivity index (χ0) is 9.26. The van der Waals surface area contributed by atoms with Crippen molar-refractivity contribution >= 4 is 11.6 Å². The molecule has 0 fully saturated rings. The summed E-state index contributed by atoms with van der Waals surface area (Å²) in [5, 5.41) is 8.56. The zero-order valence-electron chi connectivity index (χ0n) is 7.11. The van der Waals surface area contributed by atoms with Crippen molar-refractivity contribution in [2.45, 2.75) is 0 Å². The van der Waals surface area contributed by atoms with Gasteiger partial charge in [0, 0.05) is 17.6 Å². The van der Waals surface area contributed by atoms with Gasteiger partial charge in [-0.25, -0.2) is 0 Å². The summed E-state index contributed by atoms with van der Waals surface area (Å²) in [7, 11) is 1.84. The molecule has 0 atom stereocenters. The van der Waals surface area contributed by atoms with Gasteiger partial charge in [0.15, 0.2) is 0 Å². The first kappa shape index (κ1) is 8.26. The molecule has 0 N–H and O–H groups in total. The normalized spacial score (nSPS) is 10.3. The molecule has 0 amide bonds. The van der Waals surface area contributed by atoms with Crippen LogP contribution in [0.2, 0.25) is 5.02 Å². The summed E-state index contributed by atoms with van der Waals surface area (Å²) in [5.74, 6) is 0. The summed E-state index contributed by atoms with van der Waals surface area (Å²) in [6, 6.07) is 7.52. The lowest BCUT2D eigenvalue weighted by molar-refractivity contribution is 0.715. The summed E-state index contributed by atoms with van der Waals surface area (Å²) in [5.41, 5.74) is 1.89. The lowest BCUT2D eigenvalue weighted by Gasteiger charge is -1.94. The topological polar surface area (TPSA) is 30.7 Å². The summed E-state index contributed by atoms with van der Waals surface area (Å²) in [6.45, 7) is 0. The van der Waals surface area contributed by atoms with E-state index < -0.39 is 0 Å². The number of hydrogen-bond acceptors (Lipinski definition) is 2. The fraction of sp³-hybridized carbons (Fsp3) is 0.111. The third-order valence-electron chi connectivity index (χ3n) is 1.74. The first-order valence-electron chi connectivity index (χ1n) is 3.88. The second kappa shape index (κ2) is 3.18. The second-order valence-corrected chi connectivity index (χ2v) is 3.22. The van der Waals surface area contributed by atoms with Gasteiger partial charge in [-0.1, -0.05) is 28.9 Å². The number of aromatic nitrogens is 3. The smallest absolute Gasteiger partial charge is 0.113 e. The second-order valence-electron chi connectivity index (χ2n) is 2.78. The third kappa shape index (κ3) is 1.70. The predicted molar refractivity (Wildman–Crippen MR) is 51.4 cm³/mol. The van der Waals surface area contributed by atoms with Crippen LogP contribution in [0.15, 0.2) is 30.5 Å². The Hall–Kier alpha value is -1.35. The van der Waals surface area contributed by atoms with E-state index in [4.69, 9.17) is 11.6 Å². The minimum atomic E-state index is 0.729. The molecule has 0 saturated carbocycles. The Bertz CT molecular complexity index is 405. The van der Waals surface area contributed by atoms with Crippen LogP contribution < -0.4 is 0 Å². The molecule has 2 rings (SSSR count). The van der Waals surface area contributed by atoms with E-state index in [0.717, 1.165) is 16.3 Å². The average Bonchev–Trinajstić information content (AvgIpc) is 2.53. The molecule has 0 aliphatic carbocycles. The number of aryl methyl sites for hydroxylation is 1. The maximum absolute atomic E-state index is 5.76. The summed E-state index contributed by atoms with van der Waals surface area (Å²) >= 11 is 5.76. The van der Waals surface area contributed by atoms with Crippen molar-refractivity contribution in [1.82, 2.24) is 15.0 Å². The highest BCUT2D eigenvalue weighted by Gasteiger charge is 2.00. The Morgan fingerprint density at radius 3 is 2.46 bits per heavy atom. The van der Waals surface area contributed by atoms with Crippen molar-refractivity contribution in [2.24, 2.45) is 7.05 Å². The molecule has 0 unspecified atom stereocenters. The van der Waals surface area contributed by atoms with Gasteiger partial charge >= 0.3 is 0 Å². The number of benzene rings is 1. The van der Waals surface area contributed by atoms with Crippen molar-refractivity contribution in [3.63, 3.8) is 0 Å². The molecule has 0 aliphatic heterocycles. The molecule has 3 nitrogen and oxygen atoms in total. The Morgan fingerprint density at radius 2 is 1.92 bits per heavy atom. The summed E-state index contributed by atoms with van der Waals surface area (Å²) in [4.78, 5) is 0. The van der Waals surface area contributed by atoms with Crippen molar-refractivity contribution in [2.75, 3.05) is 0 Å². The highest BCUT2D eigenvalue weighted by atomic mass is 35.5. The van der Waals surface area contributed by atoms with Gasteiger partial charge in [-0.05, 0) is 12.1 Å². The van der Waals surface area contributed by atoms with Gasteiger partial charge < -0.3 is 0 Å². The minimum absolute atomic E-state index is 0.729. The first-order valence-corrected chi connectivity index (χ1v) is 4.26. The Kier molecular flexibility index (Phi) is 2.02. The molecule has 0 aliphatic rings. The Morgan fingerprint density at radius 1 is 1.23 bits per heavy atom. The van der Waals surface area contributed by atoms with E-state index in [9.17, 15) is 0 Å². The molecule has 0 bridgehead atoms. The lowest BCUT2D eigenvalue weighted by Crippen LogP contribution is -1.85. The molecular formula is C9H8ClN3. The van der Waals surface area contributed by atoms with Crippen LogP contribution in [0.4, 0.5) is 0 Å². The Balaban J connectivity index is 2.41. The fourth-order valence-electron chi connectivity index (χ4n) is 1.10. The zero-order valence-corrected chi connectivity index (χ0v) is 7.86. The van der Waals surface area contributed by atoms with Crippen molar-refractivity contribution in [3.8, 4) is 11.3 Å². The van der Waals surface area contributed by atoms with E-state index in [1.807, 2.05) is 37.5 Å². The van der Waals surface area contributed by atoms with E-state index in [2.05, 4.69) is 10.3 Å². The van der Waals surface area contributed by atoms with Crippen LogP contribution in [0.5, 0.6) is 0 Å². The van der Waals surface area contributed by atoms with E-state index in [1.165, 1.54) is 0 Å². The summed E-state index contributed by atoms with van der Waals surface area (Å²) in [6.07, 6.45) is 1.86. The molecule has 1 heterocycles.